The van der Waals surface area contributed by atoms with Crippen LogP contribution in [-0.2, 0) is 7.05 Å². The average Bonchev–Trinajstić information content (AvgIpc) is 2.91. The Bertz CT molecular complexity index is 490. The molecule has 0 aliphatic rings. The molecule has 0 saturated heterocycles. The minimum atomic E-state index is -0.0701. The molecule has 0 fully saturated rings. The molecule has 5 heteroatoms. The Kier molecular flexibility index (Phi) is 3.81. The van der Waals surface area contributed by atoms with Gasteiger partial charge in [0.05, 0.1) is 6.26 Å². The van der Waals surface area contributed by atoms with Crippen molar-refractivity contribution in [2.24, 2.45) is 7.05 Å². The third kappa shape index (κ3) is 2.87. The van der Waals surface area contributed by atoms with E-state index in [0.29, 0.717) is 6.54 Å². The Balaban J connectivity index is 2.25. The van der Waals surface area contributed by atoms with Crippen LogP contribution in [0.1, 0.15) is 17.6 Å². The number of furan rings is 1. The molecule has 2 heterocycles. The van der Waals surface area contributed by atoms with E-state index in [-0.39, 0.29) is 6.04 Å². The second-order valence-electron chi connectivity index (χ2n) is 3.74. The molecule has 0 spiro atoms. The van der Waals surface area contributed by atoms with E-state index < -0.39 is 0 Å². The largest absolute Gasteiger partial charge is 0.467 e. The van der Waals surface area contributed by atoms with Crippen molar-refractivity contribution in [3.63, 3.8) is 0 Å². The fraction of sp³-hybridized carbons (Fsp3) is 0.250. The highest BCUT2D eigenvalue weighted by molar-refractivity contribution is 9.11. The third-order valence-corrected chi connectivity index (χ3v) is 2.72. The first-order valence-electron chi connectivity index (χ1n) is 5.25. The van der Waals surface area contributed by atoms with Gasteiger partial charge in [0.1, 0.15) is 17.6 Å². The third-order valence-electron chi connectivity index (χ3n) is 2.44. The summed E-state index contributed by atoms with van der Waals surface area (Å²) in [6.45, 7) is 4.46. The molecule has 2 aromatic heterocycles. The summed E-state index contributed by atoms with van der Waals surface area (Å²) in [6, 6.07) is 3.73. The van der Waals surface area contributed by atoms with Gasteiger partial charge in [-0.1, -0.05) is 22.5 Å². The van der Waals surface area contributed by atoms with Gasteiger partial charge in [0.25, 0.3) is 0 Å². The molecular formula is C12H14BrN3O. The standard InChI is InChI=1S/C12H14BrN3O/c1-9(13)8-15-11(10-4-3-7-17-10)12-14-5-6-16(12)2/h3-7,11,15H,1,8H2,2H3. The highest BCUT2D eigenvalue weighted by atomic mass is 79.9. The smallest absolute Gasteiger partial charge is 0.133 e. The monoisotopic (exact) mass is 295 g/mol. The van der Waals surface area contributed by atoms with Crippen LogP contribution >= 0.6 is 15.9 Å². The second-order valence-corrected chi connectivity index (χ2v) is 4.86. The van der Waals surface area contributed by atoms with Crippen LogP contribution in [0.3, 0.4) is 0 Å². The molecule has 0 aliphatic heterocycles. The lowest BCUT2D eigenvalue weighted by Gasteiger charge is -2.16. The van der Waals surface area contributed by atoms with Crippen molar-refractivity contribution < 1.29 is 4.42 Å². The van der Waals surface area contributed by atoms with E-state index in [1.54, 1.807) is 12.5 Å². The molecule has 90 valence electrons. The van der Waals surface area contributed by atoms with Gasteiger partial charge in [0.2, 0.25) is 0 Å². The lowest BCUT2D eigenvalue weighted by molar-refractivity contribution is 0.440. The molecule has 0 amide bonds. The molecule has 2 aromatic rings. The number of nitrogens with zero attached hydrogens (tertiary/aromatic N) is 2. The number of hydrogen-bond acceptors (Lipinski definition) is 3. The van der Waals surface area contributed by atoms with Gasteiger partial charge in [0, 0.05) is 30.5 Å². The zero-order valence-corrected chi connectivity index (χ0v) is 11.1. The van der Waals surface area contributed by atoms with Crippen LogP contribution in [0.5, 0.6) is 0 Å². The highest BCUT2D eigenvalue weighted by Gasteiger charge is 2.20. The van der Waals surface area contributed by atoms with Crippen LogP contribution in [0.2, 0.25) is 0 Å². The molecule has 17 heavy (non-hydrogen) atoms. The van der Waals surface area contributed by atoms with Crippen LogP contribution < -0.4 is 5.32 Å². The summed E-state index contributed by atoms with van der Waals surface area (Å²) in [7, 11) is 1.96. The van der Waals surface area contributed by atoms with Crippen molar-refractivity contribution >= 4 is 15.9 Å². The predicted molar refractivity (Wildman–Crippen MR) is 69.8 cm³/mol. The molecule has 0 bridgehead atoms. The van der Waals surface area contributed by atoms with Crippen molar-refractivity contribution in [3.8, 4) is 0 Å². The summed E-state index contributed by atoms with van der Waals surface area (Å²) in [5.74, 6) is 1.75. The van der Waals surface area contributed by atoms with Crippen molar-refractivity contribution in [1.29, 1.82) is 0 Å². The van der Waals surface area contributed by atoms with E-state index in [9.17, 15) is 0 Å². The van der Waals surface area contributed by atoms with E-state index in [1.807, 2.05) is 29.9 Å². The highest BCUT2D eigenvalue weighted by Crippen LogP contribution is 2.21. The van der Waals surface area contributed by atoms with Crippen LogP contribution in [0.25, 0.3) is 0 Å². The molecule has 1 N–H and O–H groups in total. The van der Waals surface area contributed by atoms with E-state index >= 15 is 0 Å². The van der Waals surface area contributed by atoms with Crippen molar-refractivity contribution in [2.45, 2.75) is 6.04 Å². The van der Waals surface area contributed by atoms with E-state index in [2.05, 4.69) is 32.8 Å². The number of imidazole rings is 1. The normalized spacial score (nSPS) is 12.6. The Labute approximate surface area is 108 Å². The van der Waals surface area contributed by atoms with Gasteiger partial charge < -0.3 is 8.98 Å². The first-order valence-corrected chi connectivity index (χ1v) is 6.05. The van der Waals surface area contributed by atoms with Gasteiger partial charge in [-0.3, -0.25) is 5.32 Å². The van der Waals surface area contributed by atoms with Gasteiger partial charge in [-0.15, -0.1) is 0 Å². The number of nitrogens with one attached hydrogen (secondary N) is 1. The van der Waals surface area contributed by atoms with Gasteiger partial charge >= 0.3 is 0 Å². The maximum atomic E-state index is 5.45. The van der Waals surface area contributed by atoms with E-state index in [1.165, 1.54) is 0 Å². The Morgan fingerprint density at radius 1 is 1.71 bits per heavy atom. The van der Waals surface area contributed by atoms with E-state index in [4.69, 9.17) is 4.42 Å². The van der Waals surface area contributed by atoms with Crippen molar-refractivity contribution in [2.75, 3.05) is 6.54 Å². The van der Waals surface area contributed by atoms with Crippen LogP contribution in [-0.4, -0.2) is 16.1 Å². The molecule has 0 saturated carbocycles. The minimum absolute atomic E-state index is 0.0701. The molecule has 2 rings (SSSR count). The van der Waals surface area contributed by atoms with Crippen LogP contribution in [0, 0.1) is 0 Å². The maximum Gasteiger partial charge on any atom is 0.133 e. The lowest BCUT2D eigenvalue weighted by atomic mass is 10.2. The molecule has 0 radical (unpaired) electrons. The predicted octanol–water partition coefficient (Wildman–Crippen LogP) is 2.60. The number of aryl methyl sites for hydroxylation is 1. The van der Waals surface area contributed by atoms with Gasteiger partial charge in [-0.05, 0) is 12.1 Å². The summed E-state index contributed by atoms with van der Waals surface area (Å²) in [6.07, 6.45) is 5.35. The molecule has 1 unspecified atom stereocenters. The summed E-state index contributed by atoms with van der Waals surface area (Å²) in [5.41, 5.74) is 0. The lowest BCUT2D eigenvalue weighted by Crippen LogP contribution is -2.25. The minimum Gasteiger partial charge on any atom is -0.467 e. The molecular weight excluding hydrogens is 282 g/mol. The van der Waals surface area contributed by atoms with Crippen molar-refractivity contribution in [1.82, 2.24) is 14.9 Å². The number of aromatic nitrogens is 2. The second kappa shape index (κ2) is 5.33. The van der Waals surface area contributed by atoms with Crippen LogP contribution in [0.4, 0.5) is 0 Å². The zero-order valence-electron chi connectivity index (χ0n) is 9.56. The molecule has 1 atom stereocenters. The molecule has 0 aliphatic carbocycles. The summed E-state index contributed by atoms with van der Waals surface area (Å²) < 4.78 is 8.31. The average molecular weight is 296 g/mol. The zero-order chi connectivity index (χ0) is 12.3. The first-order chi connectivity index (χ1) is 8.18. The number of halogens is 1. The first kappa shape index (κ1) is 12.1. The Morgan fingerprint density at radius 2 is 2.53 bits per heavy atom. The van der Waals surface area contributed by atoms with E-state index in [0.717, 1.165) is 16.1 Å². The summed E-state index contributed by atoms with van der Waals surface area (Å²) >= 11 is 3.33. The fourth-order valence-corrected chi connectivity index (χ4v) is 1.80. The van der Waals surface area contributed by atoms with Gasteiger partial charge in [-0.25, -0.2) is 4.98 Å². The van der Waals surface area contributed by atoms with Gasteiger partial charge in [0.15, 0.2) is 0 Å². The SMILES string of the molecule is C=C(Br)CNC(c1ccco1)c1nccn1C. The maximum absolute atomic E-state index is 5.45. The molecule has 4 nitrogen and oxygen atoms in total. The quantitative estimate of drug-likeness (QED) is 0.922. The number of rotatable bonds is 5. The molecule has 0 aromatic carbocycles. The summed E-state index contributed by atoms with van der Waals surface area (Å²) in [4.78, 5) is 4.35. The summed E-state index contributed by atoms with van der Waals surface area (Å²) in [5, 5.41) is 3.34. The van der Waals surface area contributed by atoms with Gasteiger partial charge in [-0.2, -0.15) is 0 Å². The number of hydrogen-bond donors (Lipinski definition) is 1. The van der Waals surface area contributed by atoms with Crippen molar-refractivity contribution in [3.05, 3.63) is 53.4 Å². The fourth-order valence-electron chi connectivity index (χ4n) is 1.64. The van der Waals surface area contributed by atoms with Crippen LogP contribution in [0.15, 0.2) is 46.3 Å². The Hall–Kier alpha value is -1.33. The Morgan fingerprint density at radius 3 is 3.06 bits per heavy atom. The topological polar surface area (TPSA) is 43.0 Å².